The molecular weight excluding hydrogens is 262 g/mol. The van der Waals surface area contributed by atoms with E-state index in [0.29, 0.717) is 5.82 Å². The molecule has 0 amide bonds. The predicted octanol–water partition coefficient (Wildman–Crippen LogP) is 2.64. The second-order valence-electron chi connectivity index (χ2n) is 3.97. The van der Waals surface area contributed by atoms with E-state index in [4.69, 9.17) is 10.8 Å². The summed E-state index contributed by atoms with van der Waals surface area (Å²) in [5.74, 6) is -0.502. The molecule has 2 aromatic heterocycles. The van der Waals surface area contributed by atoms with E-state index in [2.05, 4.69) is 9.97 Å². The molecule has 1 aromatic carbocycles. The molecule has 0 saturated heterocycles. The van der Waals surface area contributed by atoms with E-state index >= 15 is 0 Å². The number of rotatable bonds is 2. The SMILES string of the molecule is Nc1ncnc2cc(-c3cccc(C(=O)O)c3)sc12. The van der Waals surface area contributed by atoms with Gasteiger partial charge < -0.3 is 10.8 Å². The molecule has 0 radical (unpaired) electrons. The van der Waals surface area contributed by atoms with Crippen LogP contribution in [0.15, 0.2) is 36.7 Å². The van der Waals surface area contributed by atoms with Gasteiger partial charge in [0, 0.05) is 4.88 Å². The molecule has 0 aliphatic carbocycles. The summed E-state index contributed by atoms with van der Waals surface area (Å²) < 4.78 is 0.818. The molecule has 3 N–H and O–H groups in total. The number of carboxylic acids is 1. The van der Waals surface area contributed by atoms with Crippen LogP contribution >= 0.6 is 11.3 Å². The van der Waals surface area contributed by atoms with Crippen LogP contribution in [0.5, 0.6) is 0 Å². The molecule has 2 heterocycles. The van der Waals surface area contributed by atoms with Gasteiger partial charge in [0.25, 0.3) is 0 Å². The van der Waals surface area contributed by atoms with E-state index in [1.165, 1.54) is 17.7 Å². The number of nitrogens with two attached hydrogens (primary N) is 1. The number of anilines is 1. The molecule has 0 aliphatic heterocycles. The molecule has 94 valence electrons. The molecule has 19 heavy (non-hydrogen) atoms. The van der Waals surface area contributed by atoms with Crippen molar-refractivity contribution in [2.24, 2.45) is 0 Å². The van der Waals surface area contributed by atoms with Gasteiger partial charge >= 0.3 is 5.97 Å². The van der Waals surface area contributed by atoms with Crippen LogP contribution in [-0.4, -0.2) is 21.0 Å². The summed E-state index contributed by atoms with van der Waals surface area (Å²) in [4.78, 5) is 20.0. The summed E-state index contributed by atoms with van der Waals surface area (Å²) in [7, 11) is 0. The van der Waals surface area contributed by atoms with Crippen molar-refractivity contribution >= 4 is 33.3 Å². The first kappa shape index (κ1) is 11.6. The number of benzene rings is 1. The van der Waals surface area contributed by atoms with Crippen molar-refractivity contribution in [1.29, 1.82) is 0 Å². The third-order valence-corrected chi connectivity index (χ3v) is 3.93. The summed E-state index contributed by atoms with van der Waals surface area (Å²) in [5, 5.41) is 9.00. The molecule has 0 atom stereocenters. The molecule has 0 spiro atoms. The lowest BCUT2D eigenvalue weighted by molar-refractivity contribution is 0.0697. The number of hydrogen-bond donors (Lipinski definition) is 2. The monoisotopic (exact) mass is 271 g/mol. The number of carbonyl (C=O) groups is 1. The maximum Gasteiger partial charge on any atom is 0.335 e. The van der Waals surface area contributed by atoms with E-state index < -0.39 is 5.97 Å². The number of fused-ring (bicyclic) bond motifs is 1. The Morgan fingerprint density at radius 2 is 2.11 bits per heavy atom. The quantitative estimate of drug-likeness (QED) is 0.748. The van der Waals surface area contributed by atoms with Gasteiger partial charge in [0.1, 0.15) is 12.1 Å². The van der Waals surface area contributed by atoms with Crippen molar-refractivity contribution in [3.63, 3.8) is 0 Å². The second kappa shape index (κ2) is 4.33. The van der Waals surface area contributed by atoms with Gasteiger partial charge in [-0.3, -0.25) is 0 Å². The summed E-state index contributed by atoms with van der Waals surface area (Å²) in [6.45, 7) is 0. The average Bonchev–Trinajstić information content (AvgIpc) is 2.84. The fraction of sp³-hybridized carbons (Fsp3) is 0. The Morgan fingerprint density at radius 1 is 1.26 bits per heavy atom. The maximum atomic E-state index is 11.0. The van der Waals surface area contributed by atoms with Crippen LogP contribution in [0.2, 0.25) is 0 Å². The molecule has 3 rings (SSSR count). The van der Waals surface area contributed by atoms with E-state index in [1.54, 1.807) is 18.2 Å². The third kappa shape index (κ3) is 2.02. The van der Waals surface area contributed by atoms with E-state index in [1.807, 2.05) is 12.1 Å². The Bertz CT molecular complexity index is 782. The van der Waals surface area contributed by atoms with Crippen molar-refractivity contribution in [2.45, 2.75) is 0 Å². The standard InChI is InChI=1S/C13H9N3O2S/c14-12-11-9(15-6-16-12)5-10(19-11)7-2-1-3-8(4-7)13(17)18/h1-6H,(H,17,18)(H2,14,15,16). The Morgan fingerprint density at radius 3 is 2.84 bits per heavy atom. The Labute approximate surface area is 112 Å². The van der Waals surface area contributed by atoms with Crippen molar-refractivity contribution in [3.05, 3.63) is 42.2 Å². The number of thiophene rings is 1. The largest absolute Gasteiger partial charge is 0.478 e. The highest BCUT2D eigenvalue weighted by molar-refractivity contribution is 7.22. The molecule has 0 unspecified atom stereocenters. The Balaban J connectivity index is 2.16. The number of nitrogen functional groups attached to an aromatic ring is 1. The van der Waals surface area contributed by atoms with Gasteiger partial charge in [-0.15, -0.1) is 11.3 Å². The first-order valence-electron chi connectivity index (χ1n) is 5.49. The smallest absolute Gasteiger partial charge is 0.335 e. The normalized spacial score (nSPS) is 10.7. The maximum absolute atomic E-state index is 11.0. The number of nitrogens with zero attached hydrogens (tertiary/aromatic N) is 2. The topological polar surface area (TPSA) is 89.1 Å². The van der Waals surface area contributed by atoms with Crippen LogP contribution in [0, 0.1) is 0 Å². The van der Waals surface area contributed by atoms with Crippen LogP contribution in [0.4, 0.5) is 5.82 Å². The predicted molar refractivity (Wildman–Crippen MR) is 74.2 cm³/mol. The minimum Gasteiger partial charge on any atom is -0.478 e. The van der Waals surface area contributed by atoms with Crippen molar-refractivity contribution in [2.75, 3.05) is 5.73 Å². The van der Waals surface area contributed by atoms with Gasteiger partial charge in [0.05, 0.1) is 15.8 Å². The highest BCUT2D eigenvalue weighted by Crippen LogP contribution is 2.34. The number of hydrogen-bond acceptors (Lipinski definition) is 5. The van der Waals surface area contributed by atoms with Gasteiger partial charge in [-0.2, -0.15) is 0 Å². The highest BCUT2D eigenvalue weighted by atomic mass is 32.1. The highest BCUT2D eigenvalue weighted by Gasteiger charge is 2.10. The third-order valence-electron chi connectivity index (χ3n) is 2.73. The minimum atomic E-state index is -0.942. The number of aromatic nitrogens is 2. The molecule has 0 bridgehead atoms. The molecule has 5 nitrogen and oxygen atoms in total. The van der Waals surface area contributed by atoms with Gasteiger partial charge in [-0.05, 0) is 23.8 Å². The Hall–Kier alpha value is -2.47. The van der Waals surface area contributed by atoms with Gasteiger partial charge in [0.15, 0.2) is 0 Å². The van der Waals surface area contributed by atoms with Crippen LogP contribution < -0.4 is 5.73 Å². The van der Waals surface area contributed by atoms with Gasteiger partial charge in [-0.25, -0.2) is 14.8 Å². The van der Waals surface area contributed by atoms with Crippen molar-refractivity contribution in [3.8, 4) is 10.4 Å². The summed E-state index contributed by atoms with van der Waals surface area (Å²) >= 11 is 1.45. The fourth-order valence-corrected chi connectivity index (χ4v) is 2.83. The van der Waals surface area contributed by atoms with Crippen LogP contribution in [0.1, 0.15) is 10.4 Å². The zero-order valence-electron chi connectivity index (χ0n) is 9.70. The lowest BCUT2D eigenvalue weighted by atomic mass is 10.1. The number of carboxylic acid groups (broad SMARTS) is 1. The second-order valence-corrected chi connectivity index (χ2v) is 5.02. The zero-order chi connectivity index (χ0) is 13.4. The zero-order valence-corrected chi connectivity index (χ0v) is 10.5. The Kier molecular flexibility index (Phi) is 2.64. The molecule has 0 fully saturated rings. The molecule has 3 aromatic rings. The summed E-state index contributed by atoms with van der Waals surface area (Å²) in [5.41, 5.74) is 7.66. The van der Waals surface area contributed by atoms with Crippen LogP contribution in [0.25, 0.3) is 20.7 Å². The van der Waals surface area contributed by atoms with E-state index in [0.717, 1.165) is 20.7 Å². The van der Waals surface area contributed by atoms with E-state index in [-0.39, 0.29) is 5.56 Å². The summed E-state index contributed by atoms with van der Waals surface area (Å²) in [6, 6.07) is 8.67. The lowest BCUT2D eigenvalue weighted by Gasteiger charge is -1.98. The van der Waals surface area contributed by atoms with Crippen LogP contribution in [-0.2, 0) is 0 Å². The minimum absolute atomic E-state index is 0.258. The first-order chi connectivity index (χ1) is 9.15. The first-order valence-corrected chi connectivity index (χ1v) is 6.30. The fourth-order valence-electron chi connectivity index (χ4n) is 1.82. The molecular formula is C13H9N3O2S. The lowest BCUT2D eigenvalue weighted by Crippen LogP contribution is -1.95. The van der Waals surface area contributed by atoms with E-state index in [9.17, 15) is 4.79 Å². The van der Waals surface area contributed by atoms with Gasteiger partial charge in [-0.1, -0.05) is 12.1 Å². The average molecular weight is 271 g/mol. The molecule has 0 aliphatic rings. The van der Waals surface area contributed by atoms with Crippen LogP contribution in [0.3, 0.4) is 0 Å². The van der Waals surface area contributed by atoms with Crippen molar-refractivity contribution in [1.82, 2.24) is 9.97 Å². The van der Waals surface area contributed by atoms with Gasteiger partial charge in [0.2, 0.25) is 0 Å². The van der Waals surface area contributed by atoms with Crippen molar-refractivity contribution < 1.29 is 9.90 Å². The summed E-state index contributed by atoms with van der Waals surface area (Å²) in [6.07, 6.45) is 1.42. The molecule has 0 saturated carbocycles. The molecule has 6 heteroatoms. The number of aromatic carboxylic acids is 1.